The molecule has 110 valence electrons. The van der Waals surface area contributed by atoms with Gasteiger partial charge in [-0.3, -0.25) is 4.79 Å². The standard InChI is InChI=1S/C18H22N2O/c1-13-11-16(19-3)9-10-17(13)18(21)20-14(2)12-15-7-5-4-6-8-15/h4-11,14,19H,12H2,1-3H3,(H,20,21). The van der Waals surface area contributed by atoms with Crippen molar-refractivity contribution in [3.05, 3.63) is 65.2 Å². The van der Waals surface area contributed by atoms with Crippen LogP contribution in [0, 0.1) is 6.92 Å². The molecule has 1 unspecified atom stereocenters. The minimum Gasteiger partial charge on any atom is -0.388 e. The van der Waals surface area contributed by atoms with Crippen LogP contribution < -0.4 is 10.6 Å². The van der Waals surface area contributed by atoms with Gasteiger partial charge in [-0.2, -0.15) is 0 Å². The third-order valence-corrected chi connectivity index (χ3v) is 3.52. The van der Waals surface area contributed by atoms with Crippen LogP contribution in [0.2, 0.25) is 0 Å². The van der Waals surface area contributed by atoms with Crippen molar-refractivity contribution >= 4 is 11.6 Å². The van der Waals surface area contributed by atoms with Crippen LogP contribution in [0.15, 0.2) is 48.5 Å². The molecule has 3 nitrogen and oxygen atoms in total. The Morgan fingerprint density at radius 2 is 1.86 bits per heavy atom. The Morgan fingerprint density at radius 3 is 2.48 bits per heavy atom. The number of benzene rings is 2. The highest BCUT2D eigenvalue weighted by Crippen LogP contribution is 2.15. The second kappa shape index (κ2) is 6.93. The summed E-state index contributed by atoms with van der Waals surface area (Å²) in [7, 11) is 1.87. The molecule has 0 radical (unpaired) electrons. The van der Waals surface area contributed by atoms with Crippen molar-refractivity contribution in [3.63, 3.8) is 0 Å². The van der Waals surface area contributed by atoms with Gasteiger partial charge in [0.15, 0.2) is 0 Å². The van der Waals surface area contributed by atoms with Gasteiger partial charge < -0.3 is 10.6 Å². The van der Waals surface area contributed by atoms with Crippen molar-refractivity contribution in [2.75, 3.05) is 12.4 Å². The lowest BCUT2D eigenvalue weighted by atomic mass is 10.0. The van der Waals surface area contributed by atoms with E-state index in [0.29, 0.717) is 0 Å². The van der Waals surface area contributed by atoms with Crippen LogP contribution in [-0.2, 0) is 6.42 Å². The summed E-state index contributed by atoms with van der Waals surface area (Å²) in [4.78, 5) is 12.3. The van der Waals surface area contributed by atoms with Gasteiger partial charge in [0, 0.05) is 24.3 Å². The number of hydrogen-bond acceptors (Lipinski definition) is 2. The number of rotatable bonds is 5. The van der Waals surface area contributed by atoms with Crippen molar-refractivity contribution in [3.8, 4) is 0 Å². The lowest BCUT2D eigenvalue weighted by Gasteiger charge is -2.15. The fourth-order valence-electron chi connectivity index (χ4n) is 2.39. The van der Waals surface area contributed by atoms with E-state index in [-0.39, 0.29) is 11.9 Å². The number of carbonyl (C=O) groups is 1. The molecule has 0 fully saturated rings. The van der Waals surface area contributed by atoms with Crippen LogP contribution in [0.3, 0.4) is 0 Å². The van der Waals surface area contributed by atoms with Gasteiger partial charge in [-0.05, 0) is 49.6 Å². The molecule has 0 bridgehead atoms. The summed E-state index contributed by atoms with van der Waals surface area (Å²) in [5.74, 6) is -0.0152. The minimum atomic E-state index is -0.0152. The number of hydrogen-bond donors (Lipinski definition) is 2. The Labute approximate surface area is 126 Å². The highest BCUT2D eigenvalue weighted by molar-refractivity contribution is 5.96. The monoisotopic (exact) mass is 282 g/mol. The summed E-state index contributed by atoms with van der Waals surface area (Å²) < 4.78 is 0. The minimum absolute atomic E-state index is 0.0152. The zero-order chi connectivity index (χ0) is 15.2. The molecule has 2 rings (SSSR count). The Bertz CT molecular complexity index is 608. The van der Waals surface area contributed by atoms with Crippen LogP contribution >= 0.6 is 0 Å². The molecule has 0 aliphatic rings. The molecule has 2 N–H and O–H groups in total. The molecular formula is C18H22N2O. The molecule has 0 heterocycles. The van der Waals surface area contributed by atoms with E-state index in [2.05, 4.69) is 22.8 Å². The van der Waals surface area contributed by atoms with Crippen LogP contribution in [-0.4, -0.2) is 19.0 Å². The van der Waals surface area contributed by atoms with Crippen molar-refractivity contribution in [1.82, 2.24) is 5.32 Å². The summed E-state index contributed by atoms with van der Waals surface area (Å²) in [5.41, 5.74) is 3.95. The lowest BCUT2D eigenvalue weighted by Crippen LogP contribution is -2.34. The predicted octanol–water partition coefficient (Wildman–Crippen LogP) is 3.40. The molecule has 0 saturated carbocycles. The van der Waals surface area contributed by atoms with Gasteiger partial charge in [0.1, 0.15) is 0 Å². The molecule has 1 amide bonds. The fraction of sp³-hybridized carbons (Fsp3) is 0.278. The number of nitrogens with one attached hydrogen (secondary N) is 2. The van der Waals surface area contributed by atoms with E-state index in [1.807, 2.05) is 57.3 Å². The van der Waals surface area contributed by atoms with Crippen LogP contribution in [0.25, 0.3) is 0 Å². The van der Waals surface area contributed by atoms with Crippen LogP contribution in [0.4, 0.5) is 5.69 Å². The SMILES string of the molecule is CNc1ccc(C(=O)NC(C)Cc2ccccc2)c(C)c1. The van der Waals surface area contributed by atoms with Gasteiger partial charge in [0.25, 0.3) is 5.91 Å². The van der Waals surface area contributed by atoms with E-state index in [0.717, 1.165) is 23.2 Å². The third kappa shape index (κ3) is 4.09. The zero-order valence-corrected chi connectivity index (χ0v) is 12.8. The third-order valence-electron chi connectivity index (χ3n) is 3.52. The molecule has 0 saturated heterocycles. The van der Waals surface area contributed by atoms with Crippen LogP contribution in [0.5, 0.6) is 0 Å². The molecule has 0 aromatic heterocycles. The summed E-state index contributed by atoms with van der Waals surface area (Å²) in [6, 6.07) is 16.1. The topological polar surface area (TPSA) is 41.1 Å². The Kier molecular flexibility index (Phi) is 4.99. The zero-order valence-electron chi connectivity index (χ0n) is 12.8. The largest absolute Gasteiger partial charge is 0.388 e. The predicted molar refractivity (Wildman–Crippen MR) is 87.8 cm³/mol. The fourth-order valence-corrected chi connectivity index (χ4v) is 2.39. The highest BCUT2D eigenvalue weighted by atomic mass is 16.1. The average molecular weight is 282 g/mol. The van der Waals surface area contributed by atoms with Crippen molar-refractivity contribution < 1.29 is 4.79 Å². The normalized spacial score (nSPS) is 11.8. The number of carbonyl (C=O) groups excluding carboxylic acids is 1. The first-order valence-corrected chi connectivity index (χ1v) is 7.23. The van der Waals surface area contributed by atoms with E-state index in [1.165, 1.54) is 5.56 Å². The van der Waals surface area contributed by atoms with Crippen molar-refractivity contribution in [2.45, 2.75) is 26.3 Å². The quantitative estimate of drug-likeness (QED) is 0.882. The molecule has 3 heteroatoms. The first-order chi connectivity index (χ1) is 10.1. The number of aryl methyl sites for hydroxylation is 1. The maximum Gasteiger partial charge on any atom is 0.251 e. The van der Waals surface area contributed by atoms with Gasteiger partial charge in [-0.1, -0.05) is 30.3 Å². The molecular weight excluding hydrogens is 260 g/mol. The van der Waals surface area contributed by atoms with Crippen LogP contribution in [0.1, 0.15) is 28.4 Å². The smallest absolute Gasteiger partial charge is 0.251 e. The molecule has 2 aromatic carbocycles. The van der Waals surface area contributed by atoms with Gasteiger partial charge in [0.2, 0.25) is 0 Å². The average Bonchev–Trinajstić information content (AvgIpc) is 2.47. The first kappa shape index (κ1) is 15.1. The summed E-state index contributed by atoms with van der Waals surface area (Å²) in [5, 5.41) is 6.14. The molecule has 0 spiro atoms. The second-order valence-electron chi connectivity index (χ2n) is 5.34. The molecule has 2 aromatic rings. The molecule has 0 aliphatic heterocycles. The Balaban J connectivity index is 2.01. The Morgan fingerprint density at radius 1 is 1.14 bits per heavy atom. The lowest BCUT2D eigenvalue weighted by molar-refractivity contribution is 0.0939. The summed E-state index contributed by atoms with van der Waals surface area (Å²) in [6.07, 6.45) is 0.834. The van der Waals surface area contributed by atoms with Crippen molar-refractivity contribution in [1.29, 1.82) is 0 Å². The summed E-state index contributed by atoms with van der Waals surface area (Å²) in [6.45, 7) is 3.99. The van der Waals surface area contributed by atoms with Gasteiger partial charge in [0.05, 0.1) is 0 Å². The van der Waals surface area contributed by atoms with E-state index in [9.17, 15) is 4.79 Å². The van der Waals surface area contributed by atoms with Gasteiger partial charge in [-0.25, -0.2) is 0 Å². The Hall–Kier alpha value is -2.29. The van der Waals surface area contributed by atoms with E-state index >= 15 is 0 Å². The van der Waals surface area contributed by atoms with E-state index in [1.54, 1.807) is 0 Å². The number of amides is 1. The van der Waals surface area contributed by atoms with Gasteiger partial charge >= 0.3 is 0 Å². The van der Waals surface area contributed by atoms with E-state index in [4.69, 9.17) is 0 Å². The highest BCUT2D eigenvalue weighted by Gasteiger charge is 2.12. The molecule has 21 heavy (non-hydrogen) atoms. The van der Waals surface area contributed by atoms with E-state index < -0.39 is 0 Å². The molecule has 0 aliphatic carbocycles. The maximum absolute atomic E-state index is 12.3. The number of anilines is 1. The molecule has 1 atom stereocenters. The second-order valence-corrected chi connectivity index (χ2v) is 5.34. The summed E-state index contributed by atoms with van der Waals surface area (Å²) >= 11 is 0. The first-order valence-electron chi connectivity index (χ1n) is 7.23. The van der Waals surface area contributed by atoms with Crippen molar-refractivity contribution in [2.24, 2.45) is 0 Å². The van der Waals surface area contributed by atoms with Gasteiger partial charge in [-0.15, -0.1) is 0 Å². The maximum atomic E-state index is 12.3.